The maximum atomic E-state index is 12.4. The normalized spacial score (nSPS) is 10.9. The van der Waals surface area contributed by atoms with E-state index in [1.807, 2.05) is 18.2 Å². The van der Waals surface area contributed by atoms with Gasteiger partial charge >= 0.3 is 5.88 Å². The summed E-state index contributed by atoms with van der Waals surface area (Å²) in [6, 6.07) is 9.58. The molecule has 0 atom stereocenters. The van der Waals surface area contributed by atoms with Gasteiger partial charge in [0.25, 0.3) is 5.91 Å². The molecule has 0 aliphatic carbocycles. The average molecular weight is 399 g/mol. The van der Waals surface area contributed by atoms with E-state index in [1.165, 1.54) is 22.1 Å². The van der Waals surface area contributed by atoms with Gasteiger partial charge in [-0.3, -0.25) is 14.9 Å². The van der Waals surface area contributed by atoms with E-state index in [2.05, 4.69) is 15.4 Å². The SMILES string of the molecule is COc1ccc2sc(-n3nc(C)cc3NC(=O)c3ccc([N+](=O)[O-])o3)nc2c1. The predicted molar refractivity (Wildman–Crippen MR) is 101 cm³/mol. The van der Waals surface area contributed by atoms with Gasteiger partial charge in [-0.15, -0.1) is 0 Å². The van der Waals surface area contributed by atoms with Crippen molar-refractivity contribution >= 4 is 39.2 Å². The summed E-state index contributed by atoms with van der Waals surface area (Å²) in [5.74, 6) is -0.250. The molecule has 0 spiro atoms. The molecule has 4 aromatic rings. The topological polar surface area (TPSA) is 125 Å². The summed E-state index contributed by atoms with van der Waals surface area (Å²) in [6.07, 6.45) is 0. The summed E-state index contributed by atoms with van der Waals surface area (Å²) in [6.45, 7) is 1.78. The summed E-state index contributed by atoms with van der Waals surface area (Å²) in [4.78, 5) is 27.0. The second-order valence-electron chi connectivity index (χ2n) is 5.76. The molecule has 0 unspecified atom stereocenters. The monoisotopic (exact) mass is 399 g/mol. The molecule has 1 N–H and O–H groups in total. The number of amides is 1. The van der Waals surface area contributed by atoms with Crippen LogP contribution in [0.5, 0.6) is 5.75 Å². The lowest BCUT2D eigenvalue weighted by atomic mass is 10.3. The van der Waals surface area contributed by atoms with Gasteiger partial charge in [0.1, 0.15) is 16.5 Å². The highest BCUT2D eigenvalue weighted by molar-refractivity contribution is 7.20. The largest absolute Gasteiger partial charge is 0.497 e. The fourth-order valence-corrected chi connectivity index (χ4v) is 3.48. The molecule has 0 fully saturated rings. The van der Waals surface area contributed by atoms with Gasteiger partial charge in [0.15, 0.2) is 5.76 Å². The maximum Gasteiger partial charge on any atom is 0.433 e. The molecule has 0 bridgehead atoms. The van der Waals surface area contributed by atoms with Crippen molar-refractivity contribution in [3.63, 3.8) is 0 Å². The maximum absolute atomic E-state index is 12.4. The van der Waals surface area contributed by atoms with Crippen LogP contribution in [0, 0.1) is 17.0 Å². The van der Waals surface area contributed by atoms with Crippen molar-refractivity contribution in [2.24, 2.45) is 0 Å². The van der Waals surface area contributed by atoms with Gasteiger partial charge < -0.3 is 14.5 Å². The Morgan fingerprint density at radius 3 is 2.86 bits per heavy atom. The van der Waals surface area contributed by atoms with Crippen LogP contribution in [0.2, 0.25) is 0 Å². The molecule has 0 radical (unpaired) electrons. The highest BCUT2D eigenvalue weighted by Gasteiger charge is 2.20. The minimum Gasteiger partial charge on any atom is -0.497 e. The zero-order valence-electron chi connectivity index (χ0n) is 14.7. The van der Waals surface area contributed by atoms with Crippen LogP contribution in [0.1, 0.15) is 16.2 Å². The quantitative estimate of drug-likeness (QED) is 0.402. The lowest BCUT2D eigenvalue weighted by Gasteiger charge is -2.04. The van der Waals surface area contributed by atoms with Crippen LogP contribution in [-0.4, -0.2) is 32.7 Å². The standard InChI is InChI=1S/C17H13N5O5S/c1-9-7-14(19-16(23)12-4-6-15(27-12)22(24)25)21(20-9)17-18-11-8-10(26-2)3-5-13(11)28-17/h3-8H,1-2H3,(H,19,23). The molecular formula is C17H13N5O5S. The number of nitrogens with zero attached hydrogens (tertiary/aromatic N) is 4. The first kappa shape index (κ1) is 17.7. The van der Waals surface area contributed by atoms with Gasteiger partial charge in [-0.05, 0) is 25.1 Å². The number of hydrogen-bond acceptors (Lipinski definition) is 8. The third-order valence-corrected chi connectivity index (χ3v) is 4.85. The van der Waals surface area contributed by atoms with E-state index in [4.69, 9.17) is 9.15 Å². The van der Waals surface area contributed by atoms with Gasteiger partial charge in [-0.25, -0.2) is 4.98 Å². The van der Waals surface area contributed by atoms with E-state index in [0.717, 1.165) is 16.3 Å². The van der Waals surface area contributed by atoms with Crippen molar-refractivity contribution in [3.8, 4) is 10.9 Å². The summed E-state index contributed by atoms with van der Waals surface area (Å²) < 4.78 is 12.6. The molecule has 11 heteroatoms. The molecule has 0 saturated heterocycles. The van der Waals surface area contributed by atoms with E-state index < -0.39 is 16.7 Å². The Bertz CT molecular complexity index is 1210. The smallest absolute Gasteiger partial charge is 0.433 e. The number of aryl methyl sites for hydroxylation is 1. The molecule has 0 aliphatic heterocycles. The molecule has 0 aliphatic rings. The number of carbonyl (C=O) groups excluding carboxylic acids is 1. The van der Waals surface area contributed by atoms with Crippen LogP contribution in [0.25, 0.3) is 15.3 Å². The van der Waals surface area contributed by atoms with Crippen LogP contribution in [0.4, 0.5) is 11.7 Å². The zero-order valence-corrected chi connectivity index (χ0v) is 15.5. The molecule has 3 heterocycles. The third kappa shape index (κ3) is 3.18. The molecule has 10 nitrogen and oxygen atoms in total. The summed E-state index contributed by atoms with van der Waals surface area (Å²) in [7, 11) is 1.58. The van der Waals surface area contributed by atoms with Crippen LogP contribution in [0.15, 0.2) is 40.8 Å². The highest BCUT2D eigenvalue weighted by atomic mass is 32.1. The number of fused-ring (bicyclic) bond motifs is 1. The van der Waals surface area contributed by atoms with Crippen molar-refractivity contribution in [2.75, 3.05) is 12.4 Å². The van der Waals surface area contributed by atoms with Gasteiger partial charge in [0, 0.05) is 12.1 Å². The number of benzene rings is 1. The van der Waals surface area contributed by atoms with Crippen LogP contribution in [-0.2, 0) is 0 Å². The number of hydrogen-bond donors (Lipinski definition) is 1. The Morgan fingerprint density at radius 1 is 1.32 bits per heavy atom. The van der Waals surface area contributed by atoms with Crippen molar-refractivity contribution < 1.29 is 18.9 Å². The van der Waals surface area contributed by atoms with Crippen LogP contribution in [0.3, 0.4) is 0 Å². The van der Waals surface area contributed by atoms with Gasteiger partial charge in [-0.1, -0.05) is 11.3 Å². The first-order chi connectivity index (χ1) is 13.4. The average Bonchev–Trinajstić information content (AvgIpc) is 3.38. The third-order valence-electron chi connectivity index (χ3n) is 3.83. The van der Waals surface area contributed by atoms with Crippen LogP contribution >= 0.6 is 11.3 Å². The molecule has 1 aromatic carbocycles. The fourth-order valence-electron chi connectivity index (χ4n) is 2.57. The number of thiazole rings is 1. The summed E-state index contributed by atoms with van der Waals surface area (Å²) >= 11 is 1.40. The molecule has 28 heavy (non-hydrogen) atoms. The van der Waals surface area contributed by atoms with Gasteiger partial charge in [0.2, 0.25) is 5.13 Å². The Balaban J connectivity index is 1.66. The zero-order chi connectivity index (χ0) is 19.8. The minimum atomic E-state index is -0.708. The number of nitrogens with one attached hydrogen (secondary N) is 1. The van der Waals surface area contributed by atoms with Crippen molar-refractivity contribution in [2.45, 2.75) is 6.92 Å². The minimum absolute atomic E-state index is 0.175. The summed E-state index contributed by atoms with van der Waals surface area (Å²) in [5, 5.41) is 18.3. The number of anilines is 1. The first-order valence-electron chi connectivity index (χ1n) is 8.02. The predicted octanol–water partition coefficient (Wildman–Crippen LogP) is 3.55. The number of ether oxygens (including phenoxy) is 1. The Kier molecular flexibility index (Phi) is 4.28. The van der Waals surface area contributed by atoms with E-state index in [-0.39, 0.29) is 5.76 Å². The molecular weight excluding hydrogens is 386 g/mol. The van der Waals surface area contributed by atoms with E-state index in [1.54, 1.807) is 20.1 Å². The highest BCUT2D eigenvalue weighted by Crippen LogP contribution is 2.30. The molecule has 3 aromatic heterocycles. The van der Waals surface area contributed by atoms with Gasteiger partial charge in [0.05, 0.1) is 29.1 Å². The van der Waals surface area contributed by atoms with E-state index in [0.29, 0.717) is 22.4 Å². The number of methoxy groups -OCH3 is 1. The van der Waals surface area contributed by atoms with Crippen LogP contribution < -0.4 is 10.1 Å². The molecule has 0 saturated carbocycles. The lowest BCUT2D eigenvalue weighted by molar-refractivity contribution is -0.402. The molecule has 142 valence electrons. The lowest BCUT2D eigenvalue weighted by Crippen LogP contribution is -2.14. The number of carbonyl (C=O) groups is 1. The number of aromatic nitrogens is 3. The van der Waals surface area contributed by atoms with E-state index >= 15 is 0 Å². The summed E-state index contributed by atoms with van der Waals surface area (Å²) in [5.41, 5.74) is 1.41. The van der Waals surface area contributed by atoms with Crippen molar-refractivity contribution in [1.82, 2.24) is 14.8 Å². The Morgan fingerprint density at radius 2 is 2.14 bits per heavy atom. The van der Waals surface area contributed by atoms with Gasteiger partial charge in [-0.2, -0.15) is 9.78 Å². The first-order valence-corrected chi connectivity index (χ1v) is 8.83. The Labute approximate surface area is 161 Å². The van der Waals surface area contributed by atoms with E-state index in [9.17, 15) is 14.9 Å². The molecule has 1 amide bonds. The second-order valence-corrected chi connectivity index (χ2v) is 6.77. The number of rotatable bonds is 5. The fraction of sp³-hybridized carbons (Fsp3) is 0.118. The second kappa shape index (κ2) is 6.78. The number of furan rings is 1. The molecule has 4 rings (SSSR count). The number of nitro groups is 1. The Hall–Kier alpha value is -3.73. The van der Waals surface area contributed by atoms with Crippen molar-refractivity contribution in [1.29, 1.82) is 0 Å². The van der Waals surface area contributed by atoms with Crippen molar-refractivity contribution in [3.05, 3.63) is 58.0 Å².